The molecule has 1 N–H and O–H groups in total. The molecule has 1 heterocycles. The summed E-state index contributed by atoms with van der Waals surface area (Å²) in [6.45, 7) is 3.86. The lowest BCUT2D eigenvalue weighted by atomic mass is 9.95. The number of methoxy groups -OCH3 is 1. The highest BCUT2D eigenvalue weighted by atomic mass is 32.1. The average molecular weight is 373 g/mol. The van der Waals surface area contributed by atoms with E-state index < -0.39 is 5.97 Å². The van der Waals surface area contributed by atoms with Gasteiger partial charge in [-0.15, -0.1) is 11.3 Å². The average Bonchev–Trinajstić information content (AvgIpc) is 2.96. The summed E-state index contributed by atoms with van der Waals surface area (Å²) >= 11 is 1.47. The minimum Gasteiger partial charge on any atom is -0.484 e. The van der Waals surface area contributed by atoms with Crippen LogP contribution in [0.3, 0.4) is 0 Å². The Balaban J connectivity index is 1.72. The van der Waals surface area contributed by atoms with E-state index in [1.807, 2.05) is 32.0 Å². The number of carbonyl (C=O) groups excluding carboxylic acids is 2. The number of ether oxygens (including phenoxy) is 2. The number of nitrogens with one attached hydrogen (secondary N) is 1. The van der Waals surface area contributed by atoms with Gasteiger partial charge in [0.15, 0.2) is 6.61 Å². The smallest absolute Gasteiger partial charge is 0.341 e. The molecule has 3 rings (SSSR count). The van der Waals surface area contributed by atoms with Crippen LogP contribution in [0, 0.1) is 13.8 Å². The van der Waals surface area contributed by atoms with Crippen LogP contribution >= 0.6 is 11.3 Å². The van der Waals surface area contributed by atoms with Crippen molar-refractivity contribution in [2.24, 2.45) is 0 Å². The van der Waals surface area contributed by atoms with Crippen LogP contribution in [0.25, 0.3) is 0 Å². The second-order valence-corrected chi connectivity index (χ2v) is 7.67. The van der Waals surface area contributed by atoms with Crippen LogP contribution in [0.2, 0.25) is 0 Å². The van der Waals surface area contributed by atoms with Gasteiger partial charge in [-0.1, -0.05) is 6.07 Å². The van der Waals surface area contributed by atoms with Crippen molar-refractivity contribution in [3.63, 3.8) is 0 Å². The summed E-state index contributed by atoms with van der Waals surface area (Å²) < 4.78 is 10.5. The Morgan fingerprint density at radius 1 is 1.12 bits per heavy atom. The number of aryl methyl sites for hydroxylation is 3. The maximum absolute atomic E-state index is 12.4. The highest BCUT2D eigenvalue weighted by molar-refractivity contribution is 7.17. The number of hydrogen-bond donors (Lipinski definition) is 1. The first-order valence-electron chi connectivity index (χ1n) is 8.71. The predicted molar refractivity (Wildman–Crippen MR) is 102 cm³/mol. The van der Waals surface area contributed by atoms with E-state index in [2.05, 4.69) is 5.32 Å². The molecule has 0 radical (unpaired) electrons. The topological polar surface area (TPSA) is 64.6 Å². The first-order chi connectivity index (χ1) is 12.5. The van der Waals surface area contributed by atoms with E-state index in [1.165, 1.54) is 23.3 Å². The number of rotatable bonds is 5. The Bertz CT molecular complexity index is 820. The molecule has 1 aliphatic carbocycles. The molecule has 26 heavy (non-hydrogen) atoms. The van der Waals surface area contributed by atoms with Crippen molar-refractivity contribution in [1.29, 1.82) is 0 Å². The zero-order valence-corrected chi connectivity index (χ0v) is 16.1. The Labute approximate surface area is 157 Å². The molecule has 1 aliphatic rings. The van der Waals surface area contributed by atoms with Gasteiger partial charge in [0.05, 0.1) is 12.7 Å². The van der Waals surface area contributed by atoms with Crippen molar-refractivity contribution < 1.29 is 19.1 Å². The summed E-state index contributed by atoms with van der Waals surface area (Å²) in [5.41, 5.74) is 3.70. The molecule has 0 aliphatic heterocycles. The molecular weight excluding hydrogens is 350 g/mol. The fourth-order valence-corrected chi connectivity index (χ4v) is 4.59. The molecule has 1 aromatic heterocycles. The van der Waals surface area contributed by atoms with Crippen LogP contribution in [0.5, 0.6) is 5.75 Å². The molecule has 0 saturated heterocycles. The number of anilines is 1. The van der Waals surface area contributed by atoms with Gasteiger partial charge in [-0.25, -0.2) is 4.79 Å². The molecule has 0 fully saturated rings. The van der Waals surface area contributed by atoms with Gasteiger partial charge >= 0.3 is 5.97 Å². The van der Waals surface area contributed by atoms with Gasteiger partial charge in [-0.3, -0.25) is 4.79 Å². The lowest BCUT2D eigenvalue weighted by Crippen LogP contribution is -2.21. The third-order valence-corrected chi connectivity index (χ3v) is 5.59. The number of hydrogen-bond acceptors (Lipinski definition) is 5. The van der Waals surface area contributed by atoms with Crippen LogP contribution in [0.1, 0.15) is 44.8 Å². The molecule has 5 nitrogen and oxygen atoms in total. The zero-order valence-electron chi connectivity index (χ0n) is 15.3. The van der Waals surface area contributed by atoms with Crippen LogP contribution in [-0.2, 0) is 22.4 Å². The molecule has 0 spiro atoms. The standard InChI is InChI=1S/C20H23NO4S/c1-12-8-13(2)10-14(9-12)25-11-17(22)21-19-18(20(23)24-3)15-6-4-5-7-16(15)26-19/h8-10H,4-7,11H2,1-3H3,(H,21,22). The predicted octanol–water partition coefficient (Wildman–Crippen LogP) is 4.05. The third-order valence-electron chi connectivity index (χ3n) is 4.38. The lowest BCUT2D eigenvalue weighted by molar-refractivity contribution is -0.118. The SMILES string of the molecule is COC(=O)c1c(NC(=O)COc2cc(C)cc(C)c2)sc2c1CCCC2. The van der Waals surface area contributed by atoms with Gasteiger partial charge in [0.1, 0.15) is 10.8 Å². The van der Waals surface area contributed by atoms with Crippen molar-refractivity contribution in [3.05, 3.63) is 45.3 Å². The van der Waals surface area contributed by atoms with Crippen LogP contribution in [0.15, 0.2) is 18.2 Å². The first-order valence-corrected chi connectivity index (χ1v) is 9.53. The van der Waals surface area contributed by atoms with Crippen LogP contribution in [-0.4, -0.2) is 25.6 Å². The molecule has 138 valence electrons. The number of carbonyl (C=O) groups is 2. The Morgan fingerprint density at radius 2 is 1.81 bits per heavy atom. The summed E-state index contributed by atoms with van der Waals surface area (Å²) in [4.78, 5) is 25.7. The number of amides is 1. The van der Waals surface area contributed by atoms with E-state index in [1.54, 1.807) is 0 Å². The number of fused-ring (bicyclic) bond motifs is 1. The Morgan fingerprint density at radius 3 is 2.50 bits per heavy atom. The molecule has 1 amide bonds. The Hall–Kier alpha value is -2.34. The van der Waals surface area contributed by atoms with Crippen molar-refractivity contribution in [2.75, 3.05) is 19.0 Å². The minimum atomic E-state index is -0.394. The molecule has 1 aromatic carbocycles. The fraction of sp³-hybridized carbons (Fsp3) is 0.400. The lowest BCUT2D eigenvalue weighted by Gasteiger charge is -2.12. The van der Waals surface area contributed by atoms with Crippen molar-refractivity contribution in [3.8, 4) is 5.75 Å². The van der Waals surface area contributed by atoms with Gasteiger partial charge in [-0.05, 0) is 68.4 Å². The second-order valence-electron chi connectivity index (χ2n) is 6.57. The second kappa shape index (κ2) is 7.91. The number of esters is 1. The quantitative estimate of drug-likeness (QED) is 0.803. The molecular formula is C20H23NO4S. The van der Waals surface area contributed by atoms with E-state index >= 15 is 0 Å². The van der Waals surface area contributed by atoms with Gasteiger partial charge in [0.2, 0.25) is 0 Å². The van der Waals surface area contributed by atoms with E-state index in [0.717, 1.165) is 42.4 Å². The summed E-state index contributed by atoms with van der Waals surface area (Å²) in [5, 5.41) is 3.40. The van der Waals surface area contributed by atoms with Gasteiger partial charge in [-0.2, -0.15) is 0 Å². The van der Waals surface area contributed by atoms with E-state index in [0.29, 0.717) is 16.3 Å². The maximum atomic E-state index is 12.4. The van der Waals surface area contributed by atoms with Crippen molar-refractivity contribution in [2.45, 2.75) is 39.5 Å². The number of benzene rings is 1. The zero-order chi connectivity index (χ0) is 18.7. The first kappa shape index (κ1) is 18.5. The maximum Gasteiger partial charge on any atom is 0.341 e. The normalized spacial score (nSPS) is 13.0. The summed E-state index contributed by atoms with van der Waals surface area (Å²) in [5.74, 6) is -0.0147. The molecule has 2 aromatic rings. The van der Waals surface area contributed by atoms with Gasteiger partial charge in [0, 0.05) is 4.88 Å². The largest absolute Gasteiger partial charge is 0.484 e. The van der Waals surface area contributed by atoms with Crippen molar-refractivity contribution >= 4 is 28.2 Å². The molecule has 6 heteroatoms. The number of thiophene rings is 1. The van der Waals surface area contributed by atoms with Gasteiger partial charge in [0.25, 0.3) is 5.91 Å². The van der Waals surface area contributed by atoms with E-state index in [4.69, 9.17) is 9.47 Å². The minimum absolute atomic E-state index is 0.105. The van der Waals surface area contributed by atoms with Crippen LogP contribution < -0.4 is 10.1 Å². The molecule has 0 saturated carbocycles. The summed E-state index contributed by atoms with van der Waals surface area (Å²) in [6.07, 6.45) is 3.96. The highest BCUT2D eigenvalue weighted by Crippen LogP contribution is 2.38. The highest BCUT2D eigenvalue weighted by Gasteiger charge is 2.26. The molecule has 0 unspecified atom stereocenters. The van der Waals surface area contributed by atoms with E-state index in [-0.39, 0.29) is 12.5 Å². The summed E-state index contributed by atoms with van der Waals surface area (Å²) in [6, 6.07) is 5.83. The summed E-state index contributed by atoms with van der Waals surface area (Å²) in [7, 11) is 1.37. The molecule has 0 atom stereocenters. The Kier molecular flexibility index (Phi) is 5.61. The van der Waals surface area contributed by atoms with Crippen molar-refractivity contribution in [1.82, 2.24) is 0 Å². The van der Waals surface area contributed by atoms with Crippen LogP contribution in [0.4, 0.5) is 5.00 Å². The van der Waals surface area contributed by atoms with Gasteiger partial charge < -0.3 is 14.8 Å². The third kappa shape index (κ3) is 4.07. The monoisotopic (exact) mass is 373 g/mol. The molecule has 0 bridgehead atoms. The fourth-order valence-electron chi connectivity index (χ4n) is 3.30. The van der Waals surface area contributed by atoms with E-state index in [9.17, 15) is 9.59 Å².